The van der Waals surface area contributed by atoms with E-state index in [1.165, 1.54) is 0 Å². The van der Waals surface area contributed by atoms with Crippen molar-refractivity contribution in [1.29, 1.82) is 0 Å². The first-order valence-electron chi connectivity index (χ1n) is 6.36. The Morgan fingerprint density at radius 3 is 2.53 bits per heavy atom. The van der Waals surface area contributed by atoms with E-state index in [0.717, 1.165) is 5.76 Å². The minimum absolute atomic E-state index is 0.0168. The van der Waals surface area contributed by atoms with E-state index in [2.05, 4.69) is 0 Å². The predicted molar refractivity (Wildman–Crippen MR) is 70.4 cm³/mol. The predicted octanol–water partition coefficient (Wildman–Crippen LogP) is 2.52. The van der Waals surface area contributed by atoms with Crippen molar-refractivity contribution in [3.8, 4) is 0 Å². The number of rotatable bonds is 7. The van der Waals surface area contributed by atoms with Crippen LogP contribution in [-0.4, -0.2) is 28.4 Å². The Hall–Kier alpha value is -1.78. The minimum atomic E-state index is -0.883. The van der Waals surface area contributed by atoms with Crippen molar-refractivity contribution in [2.24, 2.45) is 5.41 Å². The maximum Gasteiger partial charge on any atom is 0.303 e. The third-order valence-electron chi connectivity index (χ3n) is 2.92. The first-order valence-corrected chi connectivity index (χ1v) is 6.36. The average Bonchev–Trinajstić information content (AvgIpc) is 2.75. The van der Waals surface area contributed by atoms with Crippen LogP contribution < -0.4 is 0 Å². The summed E-state index contributed by atoms with van der Waals surface area (Å²) in [4.78, 5) is 24.6. The van der Waals surface area contributed by atoms with Gasteiger partial charge >= 0.3 is 5.97 Å². The molecule has 0 aromatic carbocycles. The monoisotopic (exact) mass is 267 g/mol. The summed E-state index contributed by atoms with van der Waals surface area (Å²) in [5.41, 5.74) is -0.542. The van der Waals surface area contributed by atoms with Crippen LogP contribution in [0.5, 0.6) is 0 Å². The number of amides is 1. The summed E-state index contributed by atoms with van der Waals surface area (Å²) in [7, 11) is 0. The van der Waals surface area contributed by atoms with Crippen molar-refractivity contribution in [3.63, 3.8) is 0 Å². The van der Waals surface area contributed by atoms with Gasteiger partial charge in [0, 0.05) is 13.0 Å². The number of furan rings is 1. The van der Waals surface area contributed by atoms with E-state index in [1.807, 2.05) is 13.0 Å². The molecule has 0 aliphatic rings. The summed E-state index contributed by atoms with van der Waals surface area (Å²) in [6.07, 6.45) is 1.77. The number of hydrogen-bond acceptors (Lipinski definition) is 3. The largest absolute Gasteiger partial charge is 0.481 e. The van der Waals surface area contributed by atoms with E-state index >= 15 is 0 Å². The SMILES string of the molecule is CCN(Cc1ccco1)C(=O)CC(C)(C)CC(=O)O. The van der Waals surface area contributed by atoms with Gasteiger partial charge in [0.15, 0.2) is 0 Å². The summed E-state index contributed by atoms with van der Waals surface area (Å²) in [6, 6.07) is 3.60. The van der Waals surface area contributed by atoms with Crippen LogP contribution >= 0.6 is 0 Å². The lowest BCUT2D eigenvalue weighted by Crippen LogP contribution is -2.34. The van der Waals surface area contributed by atoms with Crippen molar-refractivity contribution in [2.45, 2.75) is 40.2 Å². The second kappa shape index (κ2) is 6.41. The number of carboxylic acids is 1. The second-order valence-electron chi connectivity index (χ2n) is 5.40. The van der Waals surface area contributed by atoms with Gasteiger partial charge in [-0.05, 0) is 24.5 Å². The molecule has 0 aliphatic carbocycles. The normalized spacial score (nSPS) is 11.3. The van der Waals surface area contributed by atoms with Crippen LogP contribution in [-0.2, 0) is 16.1 Å². The molecule has 0 bridgehead atoms. The van der Waals surface area contributed by atoms with Crippen molar-refractivity contribution in [3.05, 3.63) is 24.2 Å². The van der Waals surface area contributed by atoms with Crippen molar-refractivity contribution in [1.82, 2.24) is 4.90 Å². The molecule has 0 fully saturated rings. The van der Waals surface area contributed by atoms with Gasteiger partial charge in [-0.15, -0.1) is 0 Å². The summed E-state index contributed by atoms with van der Waals surface area (Å²) >= 11 is 0. The van der Waals surface area contributed by atoms with Gasteiger partial charge in [-0.25, -0.2) is 0 Å². The molecule has 19 heavy (non-hydrogen) atoms. The van der Waals surface area contributed by atoms with Gasteiger partial charge in [0.05, 0.1) is 19.2 Å². The van der Waals surface area contributed by atoms with Gasteiger partial charge in [0.2, 0.25) is 5.91 Å². The van der Waals surface area contributed by atoms with Crippen molar-refractivity contribution < 1.29 is 19.1 Å². The Labute approximate surface area is 113 Å². The number of hydrogen-bond donors (Lipinski definition) is 1. The molecule has 1 aromatic heterocycles. The number of carbonyl (C=O) groups excluding carboxylic acids is 1. The van der Waals surface area contributed by atoms with Crippen LogP contribution in [0.15, 0.2) is 22.8 Å². The zero-order valence-electron chi connectivity index (χ0n) is 11.7. The molecule has 0 spiro atoms. The van der Waals surface area contributed by atoms with Crippen LogP contribution in [0.3, 0.4) is 0 Å². The van der Waals surface area contributed by atoms with E-state index in [4.69, 9.17) is 9.52 Å². The highest BCUT2D eigenvalue weighted by molar-refractivity contribution is 5.78. The quantitative estimate of drug-likeness (QED) is 0.824. The lowest BCUT2D eigenvalue weighted by Gasteiger charge is -2.26. The fraction of sp³-hybridized carbons (Fsp3) is 0.571. The molecule has 1 rings (SSSR count). The molecular weight excluding hydrogens is 246 g/mol. The van der Waals surface area contributed by atoms with Gasteiger partial charge < -0.3 is 14.4 Å². The Balaban J connectivity index is 2.61. The first kappa shape index (κ1) is 15.3. The minimum Gasteiger partial charge on any atom is -0.481 e. The van der Waals surface area contributed by atoms with Gasteiger partial charge in [-0.3, -0.25) is 9.59 Å². The van der Waals surface area contributed by atoms with Crippen LogP contribution in [0, 0.1) is 5.41 Å². The number of carbonyl (C=O) groups is 2. The molecule has 1 amide bonds. The van der Waals surface area contributed by atoms with Gasteiger partial charge in [-0.2, -0.15) is 0 Å². The summed E-state index contributed by atoms with van der Waals surface area (Å²) in [6.45, 7) is 6.47. The van der Waals surface area contributed by atoms with Crippen LogP contribution in [0.25, 0.3) is 0 Å². The van der Waals surface area contributed by atoms with Crippen LogP contribution in [0.2, 0.25) is 0 Å². The van der Waals surface area contributed by atoms with E-state index in [0.29, 0.717) is 13.1 Å². The molecular formula is C14H21NO4. The maximum atomic E-state index is 12.2. The van der Waals surface area contributed by atoms with Gasteiger partial charge in [0.1, 0.15) is 5.76 Å². The summed E-state index contributed by atoms with van der Waals surface area (Å²) in [5.74, 6) is -0.205. The second-order valence-corrected chi connectivity index (χ2v) is 5.40. The fourth-order valence-corrected chi connectivity index (χ4v) is 1.96. The Morgan fingerprint density at radius 2 is 2.05 bits per heavy atom. The van der Waals surface area contributed by atoms with E-state index in [-0.39, 0.29) is 18.7 Å². The van der Waals surface area contributed by atoms with E-state index < -0.39 is 11.4 Å². The molecule has 0 saturated carbocycles. The average molecular weight is 267 g/mol. The summed E-state index contributed by atoms with van der Waals surface area (Å²) in [5, 5.41) is 8.83. The highest BCUT2D eigenvalue weighted by Crippen LogP contribution is 2.26. The third-order valence-corrected chi connectivity index (χ3v) is 2.92. The molecule has 1 aromatic rings. The van der Waals surface area contributed by atoms with Crippen molar-refractivity contribution >= 4 is 11.9 Å². The molecule has 5 nitrogen and oxygen atoms in total. The smallest absolute Gasteiger partial charge is 0.303 e. The Morgan fingerprint density at radius 1 is 1.37 bits per heavy atom. The molecule has 1 heterocycles. The van der Waals surface area contributed by atoms with Gasteiger partial charge in [-0.1, -0.05) is 13.8 Å². The highest BCUT2D eigenvalue weighted by Gasteiger charge is 2.27. The molecule has 106 valence electrons. The van der Waals surface area contributed by atoms with Crippen molar-refractivity contribution in [2.75, 3.05) is 6.54 Å². The molecule has 0 unspecified atom stereocenters. The van der Waals surface area contributed by atoms with E-state index in [9.17, 15) is 9.59 Å². The molecule has 0 atom stereocenters. The molecule has 0 radical (unpaired) electrons. The lowest BCUT2D eigenvalue weighted by atomic mass is 9.85. The molecule has 0 aliphatic heterocycles. The van der Waals surface area contributed by atoms with Gasteiger partial charge in [0.25, 0.3) is 0 Å². The molecule has 1 N–H and O–H groups in total. The lowest BCUT2D eigenvalue weighted by molar-refractivity contribution is -0.140. The first-order chi connectivity index (χ1) is 8.84. The number of carboxylic acid groups (broad SMARTS) is 1. The molecule has 5 heteroatoms. The standard InChI is InChI=1S/C14H21NO4/c1-4-15(10-11-6-5-7-19-11)12(16)8-14(2,3)9-13(17)18/h5-7H,4,8-10H2,1-3H3,(H,17,18). The highest BCUT2D eigenvalue weighted by atomic mass is 16.4. The zero-order valence-corrected chi connectivity index (χ0v) is 11.7. The number of aliphatic carboxylic acids is 1. The topological polar surface area (TPSA) is 70.8 Å². The van der Waals surface area contributed by atoms with E-state index in [1.54, 1.807) is 31.1 Å². The molecule has 0 saturated heterocycles. The third kappa shape index (κ3) is 5.16. The van der Waals surface area contributed by atoms with Crippen LogP contribution in [0.4, 0.5) is 0 Å². The number of nitrogens with zero attached hydrogens (tertiary/aromatic N) is 1. The fourth-order valence-electron chi connectivity index (χ4n) is 1.96. The Kier molecular flexibility index (Phi) is 5.15. The van der Waals surface area contributed by atoms with Crippen LogP contribution in [0.1, 0.15) is 39.4 Å². The zero-order chi connectivity index (χ0) is 14.5. The summed E-state index contributed by atoms with van der Waals surface area (Å²) < 4.78 is 5.22. The Bertz CT molecular complexity index is 423. The maximum absolute atomic E-state index is 12.2.